The van der Waals surface area contributed by atoms with E-state index in [0.717, 1.165) is 0 Å². The third-order valence-corrected chi connectivity index (χ3v) is 5.46. The molecule has 2 rings (SSSR count). The molecular formula is C20H23N3O6S. The van der Waals surface area contributed by atoms with Crippen LogP contribution in [0.3, 0.4) is 0 Å². The Morgan fingerprint density at radius 1 is 1.10 bits per heavy atom. The summed E-state index contributed by atoms with van der Waals surface area (Å²) in [6.07, 6.45) is 1.66. The number of hydrogen-bond donors (Lipinski definition) is 2. The minimum Gasteiger partial charge on any atom is -0.464 e. The van der Waals surface area contributed by atoms with Crippen molar-refractivity contribution < 1.29 is 27.5 Å². The summed E-state index contributed by atoms with van der Waals surface area (Å²) < 4.78 is 31.9. The summed E-state index contributed by atoms with van der Waals surface area (Å²) in [5.74, 6) is -1.53. The van der Waals surface area contributed by atoms with Crippen LogP contribution in [0.25, 0.3) is 0 Å². The number of aromatic nitrogens is 1. The van der Waals surface area contributed by atoms with Gasteiger partial charge < -0.3 is 10.1 Å². The van der Waals surface area contributed by atoms with Crippen molar-refractivity contribution >= 4 is 27.7 Å². The van der Waals surface area contributed by atoms with Gasteiger partial charge in [0.15, 0.2) is 5.78 Å². The van der Waals surface area contributed by atoms with Crippen molar-refractivity contribution in [3.63, 3.8) is 0 Å². The molecule has 0 aliphatic heterocycles. The van der Waals surface area contributed by atoms with Crippen molar-refractivity contribution in [2.75, 3.05) is 13.2 Å². The zero-order valence-corrected chi connectivity index (χ0v) is 17.4. The van der Waals surface area contributed by atoms with Gasteiger partial charge in [0.1, 0.15) is 6.04 Å². The lowest BCUT2D eigenvalue weighted by Crippen LogP contribution is -2.47. The van der Waals surface area contributed by atoms with Crippen molar-refractivity contribution in [1.82, 2.24) is 15.0 Å². The molecule has 0 bridgehead atoms. The van der Waals surface area contributed by atoms with E-state index in [1.54, 1.807) is 31.3 Å². The van der Waals surface area contributed by atoms with Crippen LogP contribution in [0.5, 0.6) is 0 Å². The van der Waals surface area contributed by atoms with Gasteiger partial charge in [0.2, 0.25) is 15.9 Å². The number of sulfonamides is 1. The average Bonchev–Trinajstić information content (AvgIpc) is 2.73. The first-order valence-electron chi connectivity index (χ1n) is 9.19. The number of nitrogens with zero attached hydrogens (tertiary/aromatic N) is 1. The van der Waals surface area contributed by atoms with E-state index >= 15 is 0 Å². The number of ether oxygens (including phenoxy) is 1. The molecule has 30 heavy (non-hydrogen) atoms. The van der Waals surface area contributed by atoms with E-state index in [4.69, 9.17) is 4.74 Å². The first-order chi connectivity index (χ1) is 14.2. The molecule has 2 aromatic rings. The predicted molar refractivity (Wildman–Crippen MR) is 108 cm³/mol. The Labute approximate surface area is 174 Å². The molecule has 1 heterocycles. The molecule has 0 aliphatic rings. The normalized spacial score (nSPS) is 12.1. The van der Waals surface area contributed by atoms with Crippen LogP contribution in [0.15, 0.2) is 53.6 Å². The molecule has 1 amide bonds. The molecule has 1 aromatic heterocycles. The lowest BCUT2D eigenvalue weighted by molar-refractivity contribution is -0.147. The Morgan fingerprint density at radius 3 is 2.37 bits per heavy atom. The highest BCUT2D eigenvalue weighted by Crippen LogP contribution is 2.11. The van der Waals surface area contributed by atoms with Gasteiger partial charge in [-0.1, -0.05) is 18.2 Å². The minimum atomic E-state index is -3.97. The molecule has 0 saturated carbocycles. The summed E-state index contributed by atoms with van der Waals surface area (Å²) in [7, 11) is -3.97. The summed E-state index contributed by atoms with van der Waals surface area (Å²) in [5.41, 5.74) is 0.945. The van der Waals surface area contributed by atoms with Gasteiger partial charge in [0, 0.05) is 23.9 Å². The summed E-state index contributed by atoms with van der Waals surface area (Å²) in [4.78, 5) is 39.8. The van der Waals surface area contributed by atoms with E-state index in [-0.39, 0.29) is 23.7 Å². The Balaban J connectivity index is 2.01. The van der Waals surface area contributed by atoms with Crippen molar-refractivity contribution in [3.8, 4) is 0 Å². The summed E-state index contributed by atoms with van der Waals surface area (Å²) in [5, 5.41) is 2.47. The lowest BCUT2D eigenvalue weighted by Gasteiger charge is -2.17. The van der Waals surface area contributed by atoms with E-state index in [9.17, 15) is 22.8 Å². The zero-order valence-electron chi connectivity index (χ0n) is 16.6. The molecule has 160 valence electrons. The highest BCUT2D eigenvalue weighted by Gasteiger charge is 2.24. The number of rotatable bonds is 10. The van der Waals surface area contributed by atoms with Crippen LogP contribution >= 0.6 is 0 Å². The molecule has 1 unspecified atom stereocenters. The second kappa shape index (κ2) is 10.6. The second-order valence-corrected chi connectivity index (χ2v) is 8.07. The van der Waals surface area contributed by atoms with E-state index in [2.05, 4.69) is 15.0 Å². The molecule has 0 aliphatic carbocycles. The maximum atomic E-state index is 12.4. The first-order valence-corrected chi connectivity index (χ1v) is 10.7. The number of nitrogens with one attached hydrogen (secondary N) is 2. The number of carbonyl (C=O) groups is 3. The minimum absolute atomic E-state index is 0.0873. The van der Waals surface area contributed by atoms with Gasteiger partial charge in [-0.3, -0.25) is 14.6 Å². The fourth-order valence-electron chi connectivity index (χ4n) is 2.52. The van der Waals surface area contributed by atoms with Crippen LogP contribution in [0.2, 0.25) is 0 Å². The lowest BCUT2D eigenvalue weighted by atomic mass is 10.1. The van der Waals surface area contributed by atoms with Gasteiger partial charge in [-0.25, -0.2) is 17.9 Å². The fraction of sp³-hybridized carbons (Fsp3) is 0.300. The zero-order chi connectivity index (χ0) is 22.1. The molecule has 1 aromatic carbocycles. The molecule has 1 atom stereocenters. The molecule has 0 radical (unpaired) electrons. The van der Waals surface area contributed by atoms with Gasteiger partial charge in [0.25, 0.3) is 0 Å². The Hall–Kier alpha value is -3.11. The van der Waals surface area contributed by atoms with Crippen LogP contribution in [-0.4, -0.2) is 50.3 Å². The molecule has 9 nitrogen and oxygen atoms in total. The third-order valence-electron chi connectivity index (χ3n) is 4.04. The van der Waals surface area contributed by atoms with E-state index in [0.29, 0.717) is 11.3 Å². The van der Waals surface area contributed by atoms with Crippen molar-refractivity contribution in [2.24, 2.45) is 0 Å². The van der Waals surface area contributed by atoms with Gasteiger partial charge in [-0.2, -0.15) is 0 Å². The monoisotopic (exact) mass is 433 g/mol. The highest BCUT2D eigenvalue weighted by atomic mass is 32.2. The Morgan fingerprint density at radius 2 is 1.80 bits per heavy atom. The van der Waals surface area contributed by atoms with Gasteiger partial charge in [0.05, 0.1) is 18.0 Å². The molecule has 10 heteroatoms. The predicted octanol–water partition coefficient (Wildman–Crippen LogP) is 0.853. The van der Waals surface area contributed by atoms with Gasteiger partial charge in [-0.15, -0.1) is 0 Å². The third kappa shape index (κ3) is 6.75. The van der Waals surface area contributed by atoms with E-state index in [1.165, 1.54) is 31.2 Å². The standard InChI is InChI=1S/C20H23N3O6S/c1-3-29-20(26)18(12-16-6-4-5-11-21-16)23-19(25)13-22-30(27,28)17-9-7-15(8-10-17)14(2)24/h4-11,18,22H,3,12-13H2,1-2H3,(H,23,25). The number of amides is 1. The Bertz CT molecular complexity index is 991. The molecule has 2 N–H and O–H groups in total. The van der Waals surface area contributed by atoms with Crippen molar-refractivity contribution in [2.45, 2.75) is 31.2 Å². The maximum absolute atomic E-state index is 12.4. The number of pyridine rings is 1. The first kappa shape index (κ1) is 23.2. The van der Waals surface area contributed by atoms with Gasteiger partial charge in [-0.05, 0) is 38.1 Å². The molecular weight excluding hydrogens is 410 g/mol. The average molecular weight is 433 g/mol. The topological polar surface area (TPSA) is 132 Å². The number of benzene rings is 1. The van der Waals surface area contributed by atoms with Crippen molar-refractivity contribution in [3.05, 3.63) is 59.9 Å². The van der Waals surface area contributed by atoms with Crippen LogP contribution in [0.1, 0.15) is 29.9 Å². The number of esters is 1. The summed E-state index contributed by atoms with van der Waals surface area (Å²) >= 11 is 0. The molecule has 0 spiro atoms. The smallest absolute Gasteiger partial charge is 0.329 e. The number of carbonyl (C=O) groups excluding carboxylic acids is 3. The maximum Gasteiger partial charge on any atom is 0.329 e. The number of hydrogen-bond acceptors (Lipinski definition) is 7. The molecule has 0 saturated heterocycles. The summed E-state index contributed by atoms with van der Waals surface area (Å²) in [6.45, 7) is 2.57. The van der Waals surface area contributed by atoms with E-state index < -0.39 is 34.5 Å². The van der Waals surface area contributed by atoms with Crippen molar-refractivity contribution in [1.29, 1.82) is 0 Å². The second-order valence-electron chi connectivity index (χ2n) is 6.30. The highest BCUT2D eigenvalue weighted by molar-refractivity contribution is 7.89. The number of ketones is 1. The quantitative estimate of drug-likeness (QED) is 0.419. The number of Topliss-reactive ketones (excluding diaryl/α,β-unsaturated/α-hetero) is 1. The van der Waals surface area contributed by atoms with Crippen LogP contribution in [0.4, 0.5) is 0 Å². The largest absolute Gasteiger partial charge is 0.464 e. The Kier molecular flexibility index (Phi) is 8.19. The van der Waals surface area contributed by atoms with Crippen LogP contribution < -0.4 is 10.0 Å². The summed E-state index contributed by atoms with van der Waals surface area (Å²) in [6, 6.07) is 9.50. The van der Waals surface area contributed by atoms with E-state index in [1.807, 2.05) is 0 Å². The van der Waals surface area contributed by atoms with Gasteiger partial charge >= 0.3 is 5.97 Å². The van der Waals surface area contributed by atoms with Crippen LogP contribution in [0, 0.1) is 0 Å². The molecule has 0 fully saturated rings. The SMILES string of the molecule is CCOC(=O)C(Cc1ccccn1)NC(=O)CNS(=O)(=O)c1ccc(C(C)=O)cc1. The van der Waals surface area contributed by atoms with Crippen LogP contribution in [-0.2, 0) is 30.8 Å². The fourth-order valence-corrected chi connectivity index (χ4v) is 3.50.